The second kappa shape index (κ2) is 9.70. The molecule has 0 atom stereocenters. The average Bonchev–Trinajstić information content (AvgIpc) is 3.27. The number of carboxylic acid groups (broad SMARTS) is 1. The minimum absolute atomic E-state index is 0.108. The Kier molecular flexibility index (Phi) is 6.76. The van der Waals surface area contributed by atoms with Crippen LogP contribution in [0.1, 0.15) is 27.0 Å². The molecule has 196 valence electrons. The monoisotopic (exact) mass is 551 g/mol. The molecule has 0 radical (unpaired) electrons. The maximum Gasteiger partial charge on any atom is 0.416 e. The summed E-state index contributed by atoms with van der Waals surface area (Å²) in [7, 11) is -4.62. The third kappa shape index (κ3) is 5.25. The Bertz CT molecular complexity index is 1710. The van der Waals surface area contributed by atoms with E-state index in [4.69, 9.17) is 5.11 Å². The first kappa shape index (κ1) is 26.5. The molecule has 3 N–H and O–H groups in total. The van der Waals surface area contributed by atoms with Gasteiger partial charge in [-0.25, -0.2) is 27.0 Å². The van der Waals surface area contributed by atoms with Gasteiger partial charge in [-0.05, 0) is 54.1 Å². The van der Waals surface area contributed by atoms with Gasteiger partial charge in [0.1, 0.15) is 11.5 Å². The summed E-state index contributed by atoms with van der Waals surface area (Å²) in [6, 6.07) is 5.09. The highest BCUT2D eigenvalue weighted by Crippen LogP contribution is 2.31. The summed E-state index contributed by atoms with van der Waals surface area (Å²) < 4.78 is 95.3. The summed E-state index contributed by atoms with van der Waals surface area (Å²) in [5, 5.41) is 8.89. The number of pyridine rings is 1. The van der Waals surface area contributed by atoms with Crippen molar-refractivity contribution in [2.24, 2.45) is 0 Å². The van der Waals surface area contributed by atoms with Crippen molar-refractivity contribution in [1.29, 1.82) is 0 Å². The second-order valence-corrected chi connectivity index (χ2v) is 9.46. The Morgan fingerprint density at radius 2 is 1.74 bits per heavy atom. The smallest absolute Gasteiger partial charge is 0.416 e. The van der Waals surface area contributed by atoms with Crippen LogP contribution in [-0.2, 0) is 21.0 Å². The summed E-state index contributed by atoms with van der Waals surface area (Å²) in [6.07, 6.45) is -0.275. The van der Waals surface area contributed by atoms with Crippen molar-refractivity contribution >= 4 is 44.6 Å². The van der Waals surface area contributed by atoms with E-state index in [1.165, 1.54) is 18.3 Å². The lowest BCUT2D eigenvalue weighted by atomic mass is 10.0. The highest BCUT2D eigenvalue weighted by molar-refractivity contribution is 7.92. The zero-order valence-corrected chi connectivity index (χ0v) is 19.5. The number of carboxylic acids is 1. The SMILES string of the molecule is O=C(O)/C=C/c1cnc2[nH]cc(C(=O)c3c(F)ccc(NS(=O)(=O)c4ccc(C(F)(F)F)cc4)c3F)c2c1. The summed E-state index contributed by atoms with van der Waals surface area (Å²) in [6.45, 7) is 0. The van der Waals surface area contributed by atoms with Gasteiger partial charge in [0, 0.05) is 29.4 Å². The van der Waals surface area contributed by atoms with Crippen molar-refractivity contribution in [3.63, 3.8) is 0 Å². The van der Waals surface area contributed by atoms with Gasteiger partial charge in [-0.1, -0.05) is 0 Å². The number of aromatic amines is 1. The molecule has 4 rings (SSSR count). The predicted molar refractivity (Wildman–Crippen MR) is 125 cm³/mol. The van der Waals surface area contributed by atoms with E-state index in [-0.39, 0.29) is 22.2 Å². The Labute approximate surface area is 210 Å². The molecule has 0 aliphatic rings. The number of H-pyrrole nitrogens is 1. The molecular weight excluding hydrogens is 537 g/mol. The van der Waals surface area contributed by atoms with E-state index in [2.05, 4.69) is 9.97 Å². The number of hydrogen-bond acceptors (Lipinski definition) is 5. The molecule has 2 aromatic carbocycles. The molecule has 8 nitrogen and oxygen atoms in total. The molecule has 0 fully saturated rings. The standard InChI is InChI=1S/C24H14F5N3O5S/c25-17-6-7-18(32-38(36,37)14-4-2-13(3-5-14)24(27,28)29)21(26)20(17)22(35)16-11-31-23-15(16)9-12(10-30-23)1-8-19(33)34/h1-11,32H,(H,30,31)(H,33,34)/b8-1+. The molecular formula is C24H14F5N3O5S. The minimum atomic E-state index is -4.71. The molecule has 38 heavy (non-hydrogen) atoms. The molecule has 0 bridgehead atoms. The summed E-state index contributed by atoms with van der Waals surface area (Å²) in [5.41, 5.74) is -2.85. The normalized spacial score (nSPS) is 12.2. The number of ketones is 1. The first-order chi connectivity index (χ1) is 17.8. The Balaban J connectivity index is 1.70. The number of carbonyl (C=O) groups is 2. The van der Waals surface area contributed by atoms with Gasteiger partial charge in [0.05, 0.1) is 21.7 Å². The van der Waals surface area contributed by atoms with E-state index >= 15 is 4.39 Å². The number of fused-ring (bicyclic) bond motifs is 1. The van der Waals surface area contributed by atoms with Crippen LogP contribution < -0.4 is 4.72 Å². The number of nitrogens with zero attached hydrogens (tertiary/aromatic N) is 1. The number of rotatable bonds is 7. The molecule has 2 heterocycles. The van der Waals surface area contributed by atoms with Crippen LogP contribution in [0.3, 0.4) is 0 Å². The lowest BCUT2D eigenvalue weighted by molar-refractivity contribution is -0.137. The van der Waals surface area contributed by atoms with Crippen LogP contribution >= 0.6 is 0 Å². The fraction of sp³-hybridized carbons (Fsp3) is 0.0417. The number of carbonyl (C=O) groups excluding carboxylic acids is 1. The van der Waals surface area contributed by atoms with E-state index < -0.39 is 61.3 Å². The van der Waals surface area contributed by atoms with E-state index in [0.717, 1.165) is 12.3 Å². The third-order valence-corrected chi connectivity index (χ3v) is 6.65. The van der Waals surface area contributed by atoms with Crippen molar-refractivity contribution in [3.05, 3.63) is 94.8 Å². The highest BCUT2D eigenvalue weighted by Gasteiger charge is 2.31. The Hall–Kier alpha value is -4.59. The fourth-order valence-corrected chi connectivity index (χ4v) is 4.53. The van der Waals surface area contributed by atoms with Gasteiger partial charge in [0.15, 0.2) is 5.82 Å². The predicted octanol–water partition coefficient (Wildman–Crippen LogP) is 4.99. The molecule has 14 heteroatoms. The molecule has 0 unspecified atom stereocenters. The van der Waals surface area contributed by atoms with E-state index in [9.17, 15) is 35.6 Å². The number of hydrogen-bond donors (Lipinski definition) is 3. The minimum Gasteiger partial charge on any atom is -0.478 e. The Morgan fingerprint density at radius 1 is 1.05 bits per heavy atom. The van der Waals surface area contributed by atoms with Crippen molar-refractivity contribution in [1.82, 2.24) is 9.97 Å². The molecule has 0 spiro atoms. The zero-order chi connectivity index (χ0) is 27.8. The number of benzene rings is 2. The quantitative estimate of drug-likeness (QED) is 0.169. The number of halogens is 5. The summed E-state index contributed by atoms with van der Waals surface area (Å²) in [5.74, 6) is -5.29. The molecule has 0 aliphatic heterocycles. The molecule has 2 aromatic heterocycles. The number of sulfonamides is 1. The van der Waals surface area contributed by atoms with Crippen LogP contribution in [0.15, 0.2) is 65.8 Å². The van der Waals surface area contributed by atoms with Crippen molar-refractivity contribution < 1.29 is 45.1 Å². The molecule has 0 aliphatic carbocycles. The number of nitrogens with one attached hydrogen (secondary N) is 2. The van der Waals surface area contributed by atoms with Gasteiger partial charge >= 0.3 is 12.1 Å². The largest absolute Gasteiger partial charge is 0.478 e. The topological polar surface area (TPSA) is 129 Å². The van der Waals surface area contributed by atoms with Crippen LogP contribution in [0.4, 0.5) is 27.6 Å². The summed E-state index contributed by atoms with van der Waals surface area (Å²) in [4.78, 5) is 29.9. The van der Waals surface area contributed by atoms with Gasteiger partial charge < -0.3 is 10.1 Å². The molecule has 0 saturated heterocycles. The van der Waals surface area contributed by atoms with Gasteiger partial charge in [-0.15, -0.1) is 0 Å². The van der Waals surface area contributed by atoms with Crippen molar-refractivity contribution in [3.8, 4) is 0 Å². The highest BCUT2D eigenvalue weighted by atomic mass is 32.2. The van der Waals surface area contributed by atoms with Crippen LogP contribution in [-0.4, -0.2) is 35.2 Å². The molecule has 0 amide bonds. The first-order valence-electron chi connectivity index (χ1n) is 10.4. The number of aliphatic carboxylic acids is 1. The second-order valence-electron chi connectivity index (χ2n) is 7.78. The lowest BCUT2D eigenvalue weighted by Crippen LogP contribution is -2.17. The molecule has 0 saturated carbocycles. The van der Waals surface area contributed by atoms with E-state index in [1.54, 1.807) is 0 Å². The van der Waals surface area contributed by atoms with Gasteiger partial charge in [0.25, 0.3) is 10.0 Å². The van der Waals surface area contributed by atoms with Crippen molar-refractivity contribution in [2.75, 3.05) is 4.72 Å². The first-order valence-corrected chi connectivity index (χ1v) is 11.9. The zero-order valence-electron chi connectivity index (χ0n) is 18.7. The van der Waals surface area contributed by atoms with Crippen LogP contribution in [0, 0.1) is 11.6 Å². The van der Waals surface area contributed by atoms with Gasteiger partial charge in [0.2, 0.25) is 5.78 Å². The number of anilines is 1. The maximum atomic E-state index is 15.3. The molecule has 4 aromatic rings. The van der Waals surface area contributed by atoms with Crippen molar-refractivity contribution in [2.45, 2.75) is 11.1 Å². The maximum absolute atomic E-state index is 15.3. The van der Waals surface area contributed by atoms with Gasteiger partial charge in [-0.2, -0.15) is 13.2 Å². The number of alkyl halides is 3. The Morgan fingerprint density at radius 3 is 2.37 bits per heavy atom. The average molecular weight is 551 g/mol. The van der Waals surface area contributed by atoms with Crippen LogP contribution in [0.25, 0.3) is 17.1 Å². The number of aromatic nitrogens is 2. The van der Waals surface area contributed by atoms with Crippen LogP contribution in [0.2, 0.25) is 0 Å². The van der Waals surface area contributed by atoms with Crippen LogP contribution in [0.5, 0.6) is 0 Å². The lowest BCUT2D eigenvalue weighted by Gasteiger charge is -2.13. The van der Waals surface area contributed by atoms with Gasteiger partial charge in [-0.3, -0.25) is 9.52 Å². The third-order valence-electron chi connectivity index (χ3n) is 5.27. The summed E-state index contributed by atoms with van der Waals surface area (Å²) >= 11 is 0. The van der Waals surface area contributed by atoms with E-state index in [0.29, 0.717) is 36.4 Å². The fourth-order valence-electron chi connectivity index (χ4n) is 3.47. The van der Waals surface area contributed by atoms with E-state index in [1.807, 2.05) is 4.72 Å².